The third-order valence-corrected chi connectivity index (χ3v) is 2.32. The maximum absolute atomic E-state index is 11.3. The summed E-state index contributed by atoms with van der Waals surface area (Å²) in [5.74, 6) is -1.15. The van der Waals surface area contributed by atoms with Crippen molar-refractivity contribution < 1.29 is 14.7 Å². The molecule has 3 N–H and O–H groups in total. The summed E-state index contributed by atoms with van der Waals surface area (Å²) in [6.45, 7) is 2.18. The van der Waals surface area contributed by atoms with E-state index in [2.05, 4.69) is 0 Å². The molecule has 0 spiro atoms. The lowest BCUT2D eigenvalue weighted by molar-refractivity contribution is -0.148. The molecule has 0 bridgehead atoms. The fourth-order valence-corrected chi connectivity index (χ4v) is 1.62. The quantitative estimate of drug-likeness (QED) is 0.603. The number of rotatable bonds is 2. The molecule has 0 radical (unpaired) electrons. The van der Waals surface area contributed by atoms with Crippen molar-refractivity contribution in [3.05, 3.63) is 0 Å². The van der Waals surface area contributed by atoms with Gasteiger partial charge in [-0.1, -0.05) is 6.92 Å². The molecule has 0 aromatic carbocycles. The number of aliphatic carboxylic acids is 1. The van der Waals surface area contributed by atoms with Gasteiger partial charge in [0.15, 0.2) is 0 Å². The van der Waals surface area contributed by atoms with Crippen LogP contribution in [0.3, 0.4) is 0 Å². The Kier molecular flexibility index (Phi) is 2.87. The second-order valence-corrected chi connectivity index (χ2v) is 3.18. The first-order valence-corrected chi connectivity index (χ1v) is 4.35. The molecule has 0 aromatic heterocycles. The third-order valence-electron chi connectivity index (χ3n) is 2.32. The van der Waals surface area contributed by atoms with Crippen LogP contribution < -0.4 is 5.73 Å². The molecule has 0 saturated carbocycles. The molecule has 1 aliphatic rings. The Bertz CT molecular complexity index is 229. The Labute approximate surface area is 76.5 Å². The van der Waals surface area contributed by atoms with Gasteiger partial charge in [0, 0.05) is 19.0 Å². The maximum Gasteiger partial charge on any atom is 0.328 e. The number of carboxylic acid groups (broad SMARTS) is 1. The maximum atomic E-state index is 11.3. The molecule has 1 aliphatic heterocycles. The van der Waals surface area contributed by atoms with E-state index in [4.69, 9.17) is 10.8 Å². The van der Waals surface area contributed by atoms with E-state index in [9.17, 15) is 9.59 Å². The molecule has 13 heavy (non-hydrogen) atoms. The molecule has 1 fully saturated rings. The number of carboxylic acids is 1. The van der Waals surface area contributed by atoms with Gasteiger partial charge in [0.25, 0.3) is 0 Å². The molecule has 0 aliphatic carbocycles. The van der Waals surface area contributed by atoms with Crippen LogP contribution in [0.4, 0.5) is 0 Å². The van der Waals surface area contributed by atoms with Crippen molar-refractivity contribution in [2.75, 3.05) is 6.54 Å². The van der Waals surface area contributed by atoms with Crippen LogP contribution >= 0.6 is 0 Å². The van der Waals surface area contributed by atoms with E-state index in [0.717, 1.165) is 0 Å². The fraction of sp³-hybridized carbons (Fsp3) is 0.750. The van der Waals surface area contributed by atoms with E-state index in [1.54, 1.807) is 6.92 Å². The summed E-state index contributed by atoms with van der Waals surface area (Å²) in [5, 5.41) is 8.82. The third kappa shape index (κ3) is 1.80. The number of carbonyl (C=O) groups is 2. The number of hydrogen-bond acceptors (Lipinski definition) is 3. The summed E-state index contributed by atoms with van der Waals surface area (Å²) < 4.78 is 0. The van der Waals surface area contributed by atoms with Crippen LogP contribution in [-0.4, -0.2) is 40.5 Å². The van der Waals surface area contributed by atoms with E-state index in [0.29, 0.717) is 19.4 Å². The van der Waals surface area contributed by atoms with Gasteiger partial charge in [-0.25, -0.2) is 4.79 Å². The van der Waals surface area contributed by atoms with E-state index in [-0.39, 0.29) is 5.91 Å². The Balaban J connectivity index is 2.75. The molecule has 1 amide bonds. The van der Waals surface area contributed by atoms with Crippen LogP contribution in [0.25, 0.3) is 0 Å². The first kappa shape index (κ1) is 9.98. The Hall–Kier alpha value is -1.10. The van der Waals surface area contributed by atoms with Crippen molar-refractivity contribution in [1.29, 1.82) is 0 Å². The predicted octanol–water partition coefficient (Wildman–Crippen LogP) is -0.591. The molecular formula is C8H14N2O3. The Morgan fingerprint density at radius 1 is 1.62 bits per heavy atom. The first-order valence-electron chi connectivity index (χ1n) is 4.35. The van der Waals surface area contributed by atoms with Crippen LogP contribution in [0.5, 0.6) is 0 Å². The highest BCUT2D eigenvalue weighted by molar-refractivity contribution is 5.84. The highest BCUT2D eigenvalue weighted by atomic mass is 16.4. The molecule has 5 heteroatoms. The number of hydrogen-bond donors (Lipinski definition) is 2. The van der Waals surface area contributed by atoms with Crippen molar-refractivity contribution in [3.63, 3.8) is 0 Å². The van der Waals surface area contributed by atoms with Crippen molar-refractivity contribution in [3.8, 4) is 0 Å². The van der Waals surface area contributed by atoms with Gasteiger partial charge in [-0.3, -0.25) is 4.79 Å². The minimum absolute atomic E-state index is 0.139. The van der Waals surface area contributed by atoms with Gasteiger partial charge >= 0.3 is 5.97 Å². The molecule has 1 heterocycles. The van der Waals surface area contributed by atoms with Crippen LogP contribution in [-0.2, 0) is 9.59 Å². The lowest BCUT2D eigenvalue weighted by atomic mass is 10.1. The smallest absolute Gasteiger partial charge is 0.328 e. The number of nitrogens with zero attached hydrogens (tertiary/aromatic N) is 1. The van der Waals surface area contributed by atoms with Crippen LogP contribution in [0.2, 0.25) is 0 Å². The monoisotopic (exact) mass is 186 g/mol. The number of amides is 1. The summed E-state index contributed by atoms with van der Waals surface area (Å²) in [5.41, 5.74) is 5.59. The zero-order valence-corrected chi connectivity index (χ0v) is 7.56. The van der Waals surface area contributed by atoms with Crippen molar-refractivity contribution >= 4 is 11.9 Å². The predicted molar refractivity (Wildman–Crippen MR) is 46.0 cm³/mol. The normalized spacial score (nSPS) is 27.7. The van der Waals surface area contributed by atoms with Gasteiger partial charge in [0.05, 0.1) is 0 Å². The highest BCUT2D eigenvalue weighted by Crippen LogP contribution is 2.17. The zero-order valence-electron chi connectivity index (χ0n) is 7.56. The molecule has 2 atom stereocenters. The van der Waals surface area contributed by atoms with Gasteiger partial charge in [0.2, 0.25) is 5.91 Å². The number of carbonyl (C=O) groups excluding carboxylic acids is 1. The minimum Gasteiger partial charge on any atom is -0.480 e. The average Bonchev–Trinajstić information content (AvgIpc) is 2.45. The lowest BCUT2D eigenvalue weighted by Crippen LogP contribution is -2.47. The molecule has 5 nitrogen and oxygen atoms in total. The standard InChI is InChI=1S/C8H14N2O3/c1-2-6(11)10-4-3-5(9)7(10)8(12)13/h5,7H,2-4,9H2,1H3,(H,12,13). The molecule has 2 unspecified atom stereocenters. The highest BCUT2D eigenvalue weighted by Gasteiger charge is 2.39. The van der Waals surface area contributed by atoms with Gasteiger partial charge in [-0.2, -0.15) is 0 Å². The Morgan fingerprint density at radius 2 is 2.23 bits per heavy atom. The van der Waals surface area contributed by atoms with Gasteiger partial charge in [-0.15, -0.1) is 0 Å². The molecule has 0 aromatic rings. The summed E-state index contributed by atoms with van der Waals surface area (Å²) >= 11 is 0. The first-order chi connectivity index (χ1) is 6.07. The van der Waals surface area contributed by atoms with E-state index in [1.165, 1.54) is 4.90 Å². The summed E-state index contributed by atoms with van der Waals surface area (Å²) in [7, 11) is 0. The average molecular weight is 186 g/mol. The molecule has 74 valence electrons. The molecule has 1 rings (SSSR count). The second-order valence-electron chi connectivity index (χ2n) is 3.18. The van der Waals surface area contributed by atoms with Gasteiger partial charge in [0.1, 0.15) is 6.04 Å². The van der Waals surface area contributed by atoms with Crippen LogP contribution in [0.1, 0.15) is 19.8 Å². The largest absolute Gasteiger partial charge is 0.480 e. The SMILES string of the molecule is CCC(=O)N1CCC(N)C1C(=O)O. The molecular weight excluding hydrogens is 172 g/mol. The number of nitrogens with two attached hydrogens (primary N) is 1. The topological polar surface area (TPSA) is 83.6 Å². The summed E-state index contributed by atoms with van der Waals surface area (Å²) in [6, 6.07) is -1.25. The van der Waals surface area contributed by atoms with Crippen LogP contribution in [0, 0.1) is 0 Å². The second kappa shape index (κ2) is 3.74. The molecule has 1 saturated heterocycles. The lowest BCUT2D eigenvalue weighted by Gasteiger charge is -2.22. The van der Waals surface area contributed by atoms with Crippen molar-refractivity contribution in [2.24, 2.45) is 5.73 Å². The van der Waals surface area contributed by atoms with Crippen molar-refractivity contribution in [2.45, 2.75) is 31.8 Å². The minimum atomic E-state index is -1.01. The van der Waals surface area contributed by atoms with E-state index >= 15 is 0 Å². The van der Waals surface area contributed by atoms with Crippen molar-refractivity contribution in [1.82, 2.24) is 4.90 Å². The Morgan fingerprint density at radius 3 is 2.69 bits per heavy atom. The van der Waals surface area contributed by atoms with Gasteiger partial charge in [-0.05, 0) is 6.42 Å². The van der Waals surface area contributed by atoms with E-state index in [1.807, 2.05) is 0 Å². The van der Waals surface area contributed by atoms with Crippen LogP contribution in [0.15, 0.2) is 0 Å². The fourth-order valence-electron chi connectivity index (χ4n) is 1.62. The summed E-state index contributed by atoms with van der Waals surface area (Å²) in [4.78, 5) is 23.4. The van der Waals surface area contributed by atoms with E-state index < -0.39 is 18.1 Å². The van der Waals surface area contributed by atoms with Gasteiger partial charge < -0.3 is 15.7 Å². The number of likely N-dealkylation sites (tertiary alicyclic amines) is 1. The summed E-state index contributed by atoms with van der Waals surface area (Å²) in [6.07, 6.45) is 0.902. The zero-order chi connectivity index (χ0) is 10.0.